The fourth-order valence-corrected chi connectivity index (χ4v) is 4.25. The van der Waals surface area contributed by atoms with Crippen LogP contribution in [-0.2, 0) is 0 Å². The lowest BCUT2D eigenvalue weighted by molar-refractivity contribution is 0.303. The summed E-state index contributed by atoms with van der Waals surface area (Å²) < 4.78 is 28.0. The average Bonchev–Trinajstić information content (AvgIpc) is 2.83. The van der Waals surface area contributed by atoms with E-state index in [1.807, 2.05) is 6.07 Å². The molecular formula is C23H28F2N8. The molecule has 1 aromatic rings. The Balaban J connectivity index is 1.69. The summed E-state index contributed by atoms with van der Waals surface area (Å²) >= 11 is 0. The van der Waals surface area contributed by atoms with Gasteiger partial charge in [-0.15, -0.1) is 5.11 Å². The molecule has 0 bridgehead atoms. The number of piperazine rings is 1. The van der Waals surface area contributed by atoms with Crippen molar-refractivity contribution >= 4 is 11.7 Å². The SMILES string of the molecule is CC1C=CC(N2CCNCC2)=CC1c1cnc(N)c(C(N=NN)=NC2CC=CC(F)=C2F)c1. The number of aliphatic imine (C=N–C) groups is 1. The number of allylic oxidation sites excluding steroid dienone is 5. The van der Waals surface area contributed by atoms with Crippen molar-refractivity contribution in [1.82, 2.24) is 15.2 Å². The molecule has 5 N–H and O–H groups in total. The highest BCUT2D eigenvalue weighted by Crippen LogP contribution is 2.34. The van der Waals surface area contributed by atoms with Gasteiger partial charge in [-0.25, -0.2) is 13.8 Å². The maximum Gasteiger partial charge on any atom is 0.183 e. The number of amidine groups is 1. The van der Waals surface area contributed by atoms with Crippen LogP contribution in [0.3, 0.4) is 0 Å². The zero-order valence-corrected chi connectivity index (χ0v) is 18.5. The second kappa shape index (κ2) is 10.0. The van der Waals surface area contributed by atoms with E-state index in [4.69, 9.17) is 11.6 Å². The topological polar surface area (TPSA) is 117 Å². The summed E-state index contributed by atoms with van der Waals surface area (Å²) in [6.07, 6.45) is 11.1. The van der Waals surface area contributed by atoms with Gasteiger partial charge in [0.1, 0.15) is 11.9 Å². The van der Waals surface area contributed by atoms with Gasteiger partial charge in [0.2, 0.25) is 0 Å². The first kappa shape index (κ1) is 22.8. The van der Waals surface area contributed by atoms with Gasteiger partial charge in [0.25, 0.3) is 0 Å². The van der Waals surface area contributed by atoms with Crippen LogP contribution in [0, 0.1) is 5.92 Å². The number of nitrogens with zero attached hydrogens (tertiary/aromatic N) is 5. The average molecular weight is 455 g/mol. The van der Waals surface area contributed by atoms with Gasteiger partial charge in [0.15, 0.2) is 17.5 Å². The van der Waals surface area contributed by atoms with Crippen LogP contribution in [0.2, 0.25) is 0 Å². The van der Waals surface area contributed by atoms with Crippen LogP contribution in [0.1, 0.15) is 30.4 Å². The summed E-state index contributed by atoms with van der Waals surface area (Å²) in [4.78, 5) is 11.0. The molecule has 8 nitrogen and oxygen atoms in total. The van der Waals surface area contributed by atoms with Crippen molar-refractivity contribution in [3.63, 3.8) is 0 Å². The van der Waals surface area contributed by atoms with Gasteiger partial charge in [-0.2, -0.15) is 0 Å². The first-order valence-electron chi connectivity index (χ1n) is 11.0. The minimum absolute atomic E-state index is 0.0120. The number of nitrogens with one attached hydrogen (secondary N) is 1. The number of rotatable bonds is 4. The number of halogens is 2. The fourth-order valence-electron chi connectivity index (χ4n) is 4.25. The van der Waals surface area contributed by atoms with Crippen LogP contribution in [-0.4, -0.2) is 47.9 Å². The summed E-state index contributed by atoms with van der Waals surface area (Å²) in [6, 6.07) is 0.771. The second-order valence-corrected chi connectivity index (χ2v) is 8.29. The van der Waals surface area contributed by atoms with Crippen molar-refractivity contribution in [3.8, 4) is 0 Å². The van der Waals surface area contributed by atoms with Crippen molar-refractivity contribution in [2.75, 3.05) is 31.9 Å². The van der Waals surface area contributed by atoms with Gasteiger partial charge in [-0.3, -0.25) is 4.99 Å². The number of aromatic nitrogens is 1. The molecule has 1 aromatic heterocycles. The number of pyridine rings is 1. The lowest BCUT2D eigenvalue weighted by Gasteiger charge is -2.34. The molecule has 0 spiro atoms. The number of hydrogen-bond acceptors (Lipinski definition) is 6. The van der Waals surface area contributed by atoms with Crippen molar-refractivity contribution < 1.29 is 8.78 Å². The highest BCUT2D eigenvalue weighted by atomic mass is 19.2. The van der Waals surface area contributed by atoms with Crippen LogP contribution < -0.4 is 16.9 Å². The molecule has 2 heterocycles. The van der Waals surface area contributed by atoms with Crippen molar-refractivity contribution in [2.45, 2.75) is 25.3 Å². The monoisotopic (exact) mass is 454 g/mol. The van der Waals surface area contributed by atoms with Crippen molar-refractivity contribution in [3.05, 3.63) is 71.1 Å². The Labute approximate surface area is 191 Å². The Hall–Kier alpha value is -3.40. The molecule has 0 amide bonds. The van der Waals surface area contributed by atoms with E-state index in [2.05, 4.69) is 55.7 Å². The number of anilines is 1. The predicted molar refractivity (Wildman–Crippen MR) is 125 cm³/mol. The second-order valence-electron chi connectivity index (χ2n) is 8.29. The van der Waals surface area contributed by atoms with Gasteiger partial charge in [0, 0.05) is 44.0 Å². The molecule has 2 aliphatic carbocycles. The van der Waals surface area contributed by atoms with E-state index in [1.165, 1.54) is 11.8 Å². The summed E-state index contributed by atoms with van der Waals surface area (Å²) in [5.41, 5.74) is 8.58. The Bertz CT molecular complexity index is 1070. The molecule has 0 radical (unpaired) electrons. The molecule has 3 aliphatic rings. The maximum atomic E-state index is 14.3. The quantitative estimate of drug-likeness (QED) is 0.212. The smallest absolute Gasteiger partial charge is 0.183 e. The molecule has 0 saturated carbocycles. The molecule has 3 unspecified atom stereocenters. The van der Waals surface area contributed by atoms with E-state index in [0.717, 1.165) is 37.8 Å². The third-order valence-electron chi connectivity index (χ3n) is 6.11. The van der Waals surface area contributed by atoms with Gasteiger partial charge < -0.3 is 21.8 Å². The molecule has 3 atom stereocenters. The Kier molecular flexibility index (Phi) is 6.93. The van der Waals surface area contributed by atoms with Gasteiger partial charge in [0.05, 0.1) is 5.56 Å². The number of hydrogen-bond donors (Lipinski definition) is 3. The molecule has 33 heavy (non-hydrogen) atoms. The van der Waals surface area contributed by atoms with Crippen LogP contribution >= 0.6 is 0 Å². The normalized spacial score (nSPS) is 26.3. The van der Waals surface area contributed by atoms with E-state index in [-0.39, 0.29) is 29.9 Å². The minimum atomic E-state index is -1.06. The Morgan fingerprint density at radius 2 is 2.03 bits per heavy atom. The largest absolute Gasteiger partial charge is 0.383 e. The first-order chi connectivity index (χ1) is 16.0. The van der Waals surface area contributed by atoms with Gasteiger partial charge in [-0.05, 0) is 36.1 Å². The summed E-state index contributed by atoms with van der Waals surface area (Å²) in [6.45, 7) is 5.92. The molecule has 10 heteroatoms. The number of nitrogen functional groups attached to an aromatic ring is 1. The Morgan fingerprint density at radius 3 is 2.79 bits per heavy atom. The first-order valence-corrected chi connectivity index (χ1v) is 11.0. The van der Waals surface area contributed by atoms with E-state index >= 15 is 0 Å². The zero-order chi connectivity index (χ0) is 23.4. The van der Waals surface area contributed by atoms with Crippen LogP contribution in [0.15, 0.2) is 75.3 Å². The van der Waals surface area contributed by atoms with Crippen molar-refractivity contribution in [2.24, 2.45) is 27.1 Å². The van der Waals surface area contributed by atoms with E-state index in [0.29, 0.717) is 5.56 Å². The van der Waals surface area contributed by atoms with E-state index < -0.39 is 17.7 Å². The zero-order valence-electron chi connectivity index (χ0n) is 18.5. The van der Waals surface area contributed by atoms with Gasteiger partial charge in [-0.1, -0.05) is 30.4 Å². The molecule has 1 saturated heterocycles. The molecular weight excluding hydrogens is 426 g/mol. The molecule has 4 rings (SSSR count). The van der Waals surface area contributed by atoms with Gasteiger partial charge >= 0.3 is 0 Å². The van der Waals surface area contributed by atoms with Crippen LogP contribution in [0.4, 0.5) is 14.6 Å². The van der Waals surface area contributed by atoms with Crippen LogP contribution in [0.25, 0.3) is 0 Å². The summed E-state index contributed by atoms with van der Waals surface area (Å²) in [5.74, 6) is 3.82. The van der Waals surface area contributed by atoms with E-state index in [9.17, 15) is 8.78 Å². The minimum Gasteiger partial charge on any atom is -0.383 e. The third-order valence-corrected chi connectivity index (χ3v) is 6.11. The standard InChI is InChI=1S/C23H28F2N8/c1-14-5-6-16(33-9-7-28-8-10-33)12-17(14)15-11-18(22(26)29-13-15)23(31-32-27)30-20-4-2-3-19(24)21(20)25/h2-3,5-6,11-14,17,20,28H,4,7-10H2,1H3,(H2,26,29)(H2,27,30,31). The molecule has 174 valence electrons. The molecule has 1 fully saturated rings. The van der Waals surface area contributed by atoms with Crippen LogP contribution in [0.5, 0.6) is 0 Å². The Morgan fingerprint density at radius 1 is 1.24 bits per heavy atom. The lowest BCUT2D eigenvalue weighted by atomic mass is 9.83. The number of nitrogens with two attached hydrogens (primary N) is 2. The predicted octanol–water partition coefficient (Wildman–Crippen LogP) is 3.29. The highest BCUT2D eigenvalue weighted by Gasteiger charge is 2.25. The molecule has 0 aromatic carbocycles. The summed E-state index contributed by atoms with van der Waals surface area (Å²) in [5, 5.41) is 10.5. The lowest BCUT2D eigenvalue weighted by Crippen LogP contribution is -2.43. The summed E-state index contributed by atoms with van der Waals surface area (Å²) in [7, 11) is 0. The maximum absolute atomic E-state index is 14.3. The van der Waals surface area contributed by atoms with Crippen molar-refractivity contribution in [1.29, 1.82) is 0 Å². The molecule has 1 aliphatic heterocycles. The highest BCUT2D eigenvalue weighted by molar-refractivity contribution is 6.03. The fraction of sp³-hybridized carbons (Fsp3) is 0.391. The third kappa shape index (κ3) is 5.00. The van der Waals surface area contributed by atoms with E-state index in [1.54, 1.807) is 6.20 Å².